The zero-order valence-electron chi connectivity index (χ0n) is 20.0. The third-order valence-corrected chi connectivity index (χ3v) is 6.98. The highest BCUT2D eigenvalue weighted by atomic mass is 16.6. The molecule has 0 aromatic heterocycles. The maximum atomic E-state index is 13.6. The summed E-state index contributed by atoms with van der Waals surface area (Å²) in [6, 6.07) is 30.5. The van der Waals surface area contributed by atoms with Crippen molar-refractivity contribution in [3.63, 3.8) is 0 Å². The molecule has 1 aliphatic rings. The smallest absolute Gasteiger partial charge is 0.317 e. The standard InChI is InChI=1S/C31H34O3/c1-2-19-31(20-18-24-12-6-3-7-13-24)23-28(32)29(30(33)34-31)27(21-25-14-8-4-9-15-25)22-26-16-10-5-11-17-26/h3-17,27,29H,2,18-23H2,1H3. The summed E-state index contributed by atoms with van der Waals surface area (Å²) in [5, 5.41) is 0. The molecular weight excluding hydrogens is 420 g/mol. The number of Topliss-reactive ketones (excluding diaryl/α,β-unsaturated/α-hetero) is 1. The lowest BCUT2D eigenvalue weighted by molar-refractivity contribution is -0.182. The number of hydrogen-bond donors (Lipinski definition) is 0. The van der Waals surface area contributed by atoms with E-state index in [1.54, 1.807) is 0 Å². The van der Waals surface area contributed by atoms with Gasteiger partial charge in [-0.3, -0.25) is 9.59 Å². The van der Waals surface area contributed by atoms with Gasteiger partial charge in [-0.25, -0.2) is 0 Å². The highest BCUT2D eigenvalue weighted by Gasteiger charge is 2.48. The summed E-state index contributed by atoms with van der Waals surface area (Å²) >= 11 is 0. The van der Waals surface area contributed by atoms with Crippen molar-refractivity contribution in [2.45, 2.75) is 57.5 Å². The van der Waals surface area contributed by atoms with Crippen molar-refractivity contribution in [3.05, 3.63) is 108 Å². The van der Waals surface area contributed by atoms with Gasteiger partial charge in [0.1, 0.15) is 11.5 Å². The number of carbonyl (C=O) groups excluding carboxylic acids is 2. The van der Waals surface area contributed by atoms with Gasteiger partial charge in [0.05, 0.1) is 0 Å². The summed E-state index contributed by atoms with van der Waals surface area (Å²) in [6.45, 7) is 2.09. The quantitative estimate of drug-likeness (QED) is 0.263. The number of rotatable bonds is 10. The molecule has 1 saturated heterocycles. The van der Waals surface area contributed by atoms with Crippen LogP contribution in [-0.4, -0.2) is 17.4 Å². The molecule has 2 atom stereocenters. The van der Waals surface area contributed by atoms with Gasteiger partial charge < -0.3 is 4.74 Å². The van der Waals surface area contributed by atoms with Gasteiger partial charge in [0.15, 0.2) is 5.78 Å². The van der Waals surface area contributed by atoms with Crippen molar-refractivity contribution in [2.75, 3.05) is 0 Å². The van der Waals surface area contributed by atoms with E-state index >= 15 is 0 Å². The van der Waals surface area contributed by atoms with Crippen molar-refractivity contribution in [2.24, 2.45) is 11.8 Å². The molecule has 2 unspecified atom stereocenters. The van der Waals surface area contributed by atoms with E-state index in [9.17, 15) is 9.59 Å². The first-order valence-corrected chi connectivity index (χ1v) is 12.5. The van der Waals surface area contributed by atoms with Gasteiger partial charge in [0.2, 0.25) is 0 Å². The number of esters is 1. The van der Waals surface area contributed by atoms with Crippen molar-refractivity contribution in [3.8, 4) is 0 Å². The predicted octanol–water partition coefficient (Wildman–Crippen LogP) is 6.39. The van der Waals surface area contributed by atoms with Crippen LogP contribution in [0.4, 0.5) is 0 Å². The van der Waals surface area contributed by atoms with Crippen LogP contribution in [-0.2, 0) is 33.6 Å². The van der Waals surface area contributed by atoms with E-state index in [1.165, 1.54) is 5.56 Å². The molecule has 1 heterocycles. The van der Waals surface area contributed by atoms with E-state index in [1.807, 2.05) is 54.6 Å². The highest BCUT2D eigenvalue weighted by molar-refractivity contribution is 6.02. The number of hydrogen-bond acceptors (Lipinski definition) is 3. The van der Waals surface area contributed by atoms with E-state index in [0.29, 0.717) is 32.1 Å². The van der Waals surface area contributed by atoms with E-state index in [-0.39, 0.29) is 17.7 Å². The first-order chi connectivity index (χ1) is 16.6. The third-order valence-electron chi connectivity index (χ3n) is 6.98. The molecule has 3 aromatic rings. The van der Waals surface area contributed by atoms with Crippen LogP contribution in [0, 0.1) is 11.8 Å². The molecule has 0 saturated carbocycles. The first kappa shape index (κ1) is 23.9. The summed E-state index contributed by atoms with van der Waals surface area (Å²) in [5.74, 6) is -1.15. The molecule has 0 N–H and O–H groups in total. The van der Waals surface area contributed by atoms with Crippen LogP contribution >= 0.6 is 0 Å². The van der Waals surface area contributed by atoms with Gasteiger partial charge >= 0.3 is 5.97 Å². The Labute approximate surface area is 203 Å². The molecule has 176 valence electrons. The third kappa shape index (κ3) is 6.02. The van der Waals surface area contributed by atoms with Crippen LogP contribution in [0.1, 0.15) is 49.3 Å². The summed E-state index contributed by atoms with van der Waals surface area (Å²) in [4.78, 5) is 27.1. The average molecular weight is 455 g/mol. The number of cyclic esters (lactones) is 1. The molecule has 0 aliphatic carbocycles. The fourth-order valence-corrected chi connectivity index (χ4v) is 5.35. The molecule has 3 nitrogen and oxygen atoms in total. The number of carbonyl (C=O) groups is 2. The minimum Gasteiger partial charge on any atom is -0.458 e. The molecule has 3 aromatic carbocycles. The van der Waals surface area contributed by atoms with Crippen LogP contribution in [0.25, 0.3) is 0 Å². The molecule has 0 radical (unpaired) electrons. The molecule has 1 fully saturated rings. The highest BCUT2D eigenvalue weighted by Crippen LogP contribution is 2.38. The Morgan fingerprint density at radius 1 is 0.765 bits per heavy atom. The van der Waals surface area contributed by atoms with Crippen molar-refractivity contribution < 1.29 is 14.3 Å². The summed E-state index contributed by atoms with van der Waals surface area (Å²) < 4.78 is 6.22. The minimum atomic E-state index is -0.720. The number of aryl methyl sites for hydroxylation is 1. The molecule has 34 heavy (non-hydrogen) atoms. The molecule has 0 amide bonds. The second-order valence-corrected chi connectivity index (χ2v) is 9.60. The molecule has 1 aliphatic heterocycles. The topological polar surface area (TPSA) is 43.4 Å². The number of ketones is 1. The van der Waals surface area contributed by atoms with E-state index in [0.717, 1.165) is 24.0 Å². The van der Waals surface area contributed by atoms with Crippen molar-refractivity contribution >= 4 is 11.8 Å². The second-order valence-electron chi connectivity index (χ2n) is 9.60. The zero-order valence-corrected chi connectivity index (χ0v) is 20.0. The van der Waals surface area contributed by atoms with Crippen LogP contribution < -0.4 is 0 Å². The van der Waals surface area contributed by atoms with Crippen molar-refractivity contribution in [1.82, 2.24) is 0 Å². The first-order valence-electron chi connectivity index (χ1n) is 12.5. The van der Waals surface area contributed by atoms with Gasteiger partial charge in [0, 0.05) is 6.42 Å². The van der Waals surface area contributed by atoms with Gasteiger partial charge in [0.25, 0.3) is 0 Å². The van der Waals surface area contributed by atoms with Crippen molar-refractivity contribution in [1.29, 1.82) is 0 Å². The van der Waals surface area contributed by atoms with Crippen LogP contribution in [0.3, 0.4) is 0 Å². The lowest BCUT2D eigenvalue weighted by Gasteiger charge is -2.41. The number of ether oxygens (including phenoxy) is 1. The lowest BCUT2D eigenvalue weighted by Crippen LogP contribution is -2.50. The largest absolute Gasteiger partial charge is 0.458 e. The maximum absolute atomic E-state index is 13.6. The molecule has 4 rings (SSSR count). The Morgan fingerprint density at radius 2 is 1.26 bits per heavy atom. The van der Waals surface area contributed by atoms with Gasteiger partial charge in [-0.1, -0.05) is 104 Å². The summed E-state index contributed by atoms with van der Waals surface area (Å²) in [5.41, 5.74) is 2.78. The van der Waals surface area contributed by atoms with Crippen LogP contribution in [0.5, 0.6) is 0 Å². The summed E-state index contributed by atoms with van der Waals surface area (Å²) in [7, 11) is 0. The van der Waals surface area contributed by atoms with E-state index < -0.39 is 11.5 Å². The Kier molecular flexibility index (Phi) is 7.95. The summed E-state index contributed by atoms with van der Waals surface area (Å²) in [6.07, 6.45) is 4.71. The molecule has 3 heteroatoms. The molecule has 0 bridgehead atoms. The molecular formula is C31H34O3. The Bertz CT molecular complexity index is 1000. The van der Waals surface area contributed by atoms with Gasteiger partial charge in [-0.05, 0) is 54.7 Å². The normalized spacial score (nSPS) is 20.4. The van der Waals surface area contributed by atoms with E-state index in [4.69, 9.17) is 4.74 Å². The fraction of sp³-hybridized carbons (Fsp3) is 0.355. The molecule has 0 spiro atoms. The SMILES string of the molecule is CCCC1(CCc2ccccc2)CC(=O)C(C(Cc2ccccc2)Cc2ccccc2)C(=O)O1. The maximum Gasteiger partial charge on any atom is 0.317 e. The average Bonchev–Trinajstić information content (AvgIpc) is 2.84. The minimum absolute atomic E-state index is 0.0367. The fourth-order valence-electron chi connectivity index (χ4n) is 5.35. The van der Waals surface area contributed by atoms with Crippen LogP contribution in [0.2, 0.25) is 0 Å². The Hall–Kier alpha value is -3.20. The number of benzene rings is 3. The van der Waals surface area contributed by atoms with E-state index in [2.05, 4.69) is 43.3 Å². The van der Waals surface area contributed by atoms with Gasteiger partial charge in [-0.15, -0.1) is 0 Å². The Morgan fingerprint density at radius 3 is 1.74 bits per heavy atom. The Balaban J connectivity index is 1.55. The second kappa shape index (κ2) is 11.3. The van der Waals surface area contributed by atoms with Crippen LogP contribution in [0.15, 0.2) is 91.0 Å². The predicted molar refractivity (Wildman–Crippen MR) is 135 cm³/mol. The monoisotopic (exact) mass is 454 g/mol. The lowest BCUT2D eigenvalue weighted by atomic mass is 9.73. The van der Waals surface area contributed by atoms with Gasteiger partial charge in [-0.2, -0.15) is 0 Å². The zero-order chi connectivity index (χ0) is 23.8.